The molecule has 64 heavy (non-hydrogen) atoms. The zero-order valence-corrected chi connectivity index (χ0v) is 45.3. The van der Waals surface area contributed by atoms with Crippen LogP contribution < -0.4 is 139 Å². The van der Waals surface area contributed by atoms with Crippen molar-refractivity contribution in [2.45, 2.75) is 19.6 Å². The Labute approximate surface area is 451 Å². The molecule has 0 aliphatic carbocycles. The molecule has 0 radical (unpaired) electrons. The van der Waals surface area contributed by atoms with Gasteiger partial charge >= 0.3 is 124 Å². The number of nitrogens with one attached hydrogen (secondary N) is 2. The number of halogens is 1. The minimum atomic E-state index is -5.56. The Morgan fingerprint density at radius 3 is 1.91 bits per heavy atom. The van der Waals surface area contributed by atoms with Crippen LogP contribution >= 0.6 is 0 Å². The molecule has 4 aromatic carbocycles. The van der Waals surface area contributed by atoms with Crippen LogP contribution in [0.3, 0.4) is 0 Å². The van der Waals surface area contributed by atoms with E-state index in [0.717, 1.165) is 0 Å². The Morgan fingerprint density at radius 2 is 1.34 bits per heavy atom. The van der Waals surface area contributed by atoms with Crippen LogP contribution in [0.1, 0.15) is 5.56 Å². The van der Waals surface area contributed by atoms with Crippen molar-refractivity contribution in [3.63, 3.8) is 0 Å². The second-order valence-corrected chi connectivity index (χ2v) is 19.2. The quantitative estimate of drug-likeness (QED) is 0.0249. The summed E-state index contributed by atoms with van der Waals surface area (Å²) in [5, 5.41) is 37.2. The van der Waals surface area contributed by atoms with E-state index in [9.17, 15) is 74.9 Å². The largest absolute Gasteiger partial charge is 1.00 e. The number of aliphatic imine (C=N–C) groups is 1. The van der Waals surface area contributed by atoms with Gasteiger partial charge in [-0.15, -0.1) is 10.2 Å². The number of sulfone groups is 1. The molecule has 318 valence electrons. The van der Waals surface area contributed by atoms with E-state index in [1.54, 1.807) is 0 Å². The summed E-state index contributed by atoms with van der Waals surface area (Å²) in [5.41, 5.74) is -3.32. The Morgan fingerprint density at radius 1 is 0.750 bits per heavy atom. The van der Waals surface area contributed by atoms with Crippen LogP contribution in [0.2, 0.25) is 0 Å². The first-order valence-electron chi connectivity index (χ1n) is 15.5. The van der Waals surface area contributed by atoms with Gasteiger partial charge < -0.3 is 30.0 Å². The molecule has 0 aliphatic heterocycles. The summed E-state index contributed by atoms with van der Waals surface area (Å²) in [6.45, 7) is 2.76. The van der Waals surface area contributed by atoms with Crippen molar-refractivity contribution in [3.05, 3.63) is 84.3 Å². The third-order valence-electron chi connectivity index (χ3n) is 7.53. The molecular formula is C30H21FN8Na4O16S5. The van der Waals surface area contributed by atoms with E-state index in [0.29, 0.717) is 35.7 Å². The predicted octanol–water partition coefficient (Wildman–Crippen LogP) is -10.9. The van der Waals surface area contributed by atoms with Gasteiger partial charge in [0.1, 0.15) is 35.7 Å². The van der Waals surface area contributed by atoms with Crippen molar-refractivity contribution in [2.24, 2.45) is 15.2 Å². The average molecular weight is 1020 g/mol. The molecule has 0 saturated carbocycles. The van der Waals surface area contributed by atoms with Gasteiger partial charge in [0.25, 0.3) is 20.2 Å². The molecule has 0 unspecified atom stereocenters. The molecule has 1 heterocycles. The SMILES string of the molecule is C=CS(=O)(=O)CCN=C([O-])c1cccc(Nc2nc(F)nc(Nc3cc(S(=O)(=O)[O-])cc4cc(S(=O)(=O)O)c(N=Nc5cc(S(=O)(=O)[O-])ccc5S(=O)(=O)O)c([O-])c34)n2)c1.[Na+].[Na+].[Na+].[Na+]. The summed E-state index contributed by atoms with van der Waals surface area (Å²) in [4.78, 5) is 9.51. The van der Waals surface area contributed by atoms with Gasteiger partial charge in [0.05, 0.1) is 27.8 Å². The minimum Gasteiger partial charge on any atom is -0.870 e. The van der Waals surface area contributed by atoms with E-state index in [1.165, 1.54) is 24.3 Å². The molecular weight excluding hydrogens is 1000 g/mol. The van der Waals surface area contributed by atoms with Crippen molar-refractivity contribution in [2.75, 3.05) is 22.9 Å². The van der Waals surface area contributed by atoms with Gasteiger partial charge in [0.15, 0.2) is 9.84 Å². The summed E-state index contributed by atoms with van der Waals surface area (Å²) < 4.78 is 177. The van der Waals surface area contributed by atoms with Crippen LogP contribution in [-0.4, -0.2) is 93.4 Å². The van der Waals surface area contributed by atoms with Gasteiger partial charge in [-0.25, -0.2) is 25.3 Å². The van der Waals surface area contributed by atoms with E-state index in [2.05, 4.69) is 47.4 Å². The number of azo groups is 1. The number of rotatable bonds is 15. The van der Waals surface area contributed by atoms with Gasteiger partial charge in [0.2, 0.25) is 11.9 Å². The number of aromatic nitrogens is 3. The normalized spacial score (nSPS) is 12.3. The molecule has 24 nitrogen and oxygen atoms in total. The van der Waals surface area contributed by atoms with Crippen LogP contribution in [-0.2, 0) is 50.3 Å². The maximum absolute atomic E-state index is 14.8. The Hall–Kier alpha value is -2.12. The van der Waals surface area contributed by atoms with E-state index in [4.69, 9.17) is 0 Å². The Kier molecular flexibility index (Phi) is 21.8. The molecule has 0 bridgehead atoms. The fourth-order valence-electron chi connectivity index (χ4n) is 4.92. The first kappa shape index (κ1) is 59.9. The number of hydrogen-bond acceptors (Lipinski definition) is 22. The van der Waals surface area contributed by atoms with Crippen LogP contribution in [0.15, 0.2) is 107 Å². The van der Waals surface area contributed by atoms with Gasteiger partial charge in [-0.1, -0.05) is 24.5 Å². The van der Waals surface area contributed by atoms with Crippen molar-refractivity contribution in [1.29, 1.82) is 0 Å². The van der Waals surface area contributed by atoms with Crippen molar-refractivity contribution < 1.29 is 193 Å². The molecule has 0 fully saturated rings. The maximum Gasteiger partial charge on any atom is 1.00 e. The molecule has 0 aliphatic rings. The van der Waals surface area contributed by atoms with Gasteiger partial charge in [-0.3, -0.25) is 14.1 Å². The third-order valence-corrected chi connectivity index (χ3v) is 12.2. The smallest absolute Gasteiger partial charge is 0.870 e. The van der Waals surface area contributed by atoms with E-state index < -0.39 is 140 Å². The van der Waals surface area contributed by atoms with Gasteiger partial charge in [0, 0.05) is 16.8 Å². The number of nitrogens with zero attached hydrogens (tertiary/aromatic N) is 6. The zero-order valence-electron chi connectivity index (χ0n) is 33.2. The Balaban J connectivity index is 0.00000512. The molecule has 1 aromatic heterocycles. The topological polar surface area (TPSA) is 403 Å². The number of hydrogen-bond donors (Lipinski definition) is 4. The summed E-state index contributed by atoms with van der Waals surface area (Å²) >= 11 is 0. The fraction of sp³-hybridized carbons (Fsp3) is 0.0667. The molecule has 5 aromatic rings. The zero-order chi connectivity index (χ0) is 44.6. The monoisotopic (exact) mass is 1020 g/mol. The third kappa shape index (κ3) is 15.5. The number of benzene rings is 4. The molecule has 0 saturated heterocycles. The van der Waals surface area contributed by atoms with E-state index in [1.807, 2.05) is 0 Å². The second-order valence-electron chi connectivity index (χ2n) is 11.6. The van der Waals surface area contributed by atoms with Crippen molar-refractivity contribution in [3.8, 4) is 5.75 Å². The minimum absolute atomic E-state index is 0. The van der Waals surface area contributed by atoms with Crippen LogP contribution in [0, 0.1) is 6.08 Å². The molecule has 0 spiro atoms. The van der Waals surface area contributed by atoms with E-state index in [-0.39, 0.29) is 136 Å². The average Bonchev–Trinajstić information content (AvgIpc) is 3.12. The molecule has 34 heteroatoms. The second kappa shape index (κ2) is 23.3. The molecule has 5 rings (SSSR count). The Bertz CT molecular complexity index is 3260. The number of anilines is 4. The van der Waals surface area contributed by atoms with Crippen LogP contribution in [0.25, 0.3) is 10.8 Å². The standard InChI is InChI=1S/C30H25FN8O16S5.4Na/c1-2-56(42,43)9-8-32-27(41)15-4-3-5-17(10-15)33-29-35-28(31)36-30(37-29)34-21-14-19(58(47,48)49)11-16-12-23(60(53,54)55)25(26(40)24(16)21)39-38-20-13-18(57(44,45)46)6-7-22(20)59(50,51)52;;;;/h2-7,10-14,40H,1,8-9H2,(H,32,41)(H,44,45,46)(H,47,48,49)(H,50,51,52)(H,53,54,55)(H2,33,34,35,36,37);;;;/q;4*+1/p-4. The van der Waals surface area contributed by atoms with E-state index >= 15 is 0 Å². The van der Waals surface area contributed by atoms with Gasteiger partial charge in [-0.05, 0) is 70.8 Å². The number of fused-ring (bicyclic) bond motifs is 1. The van der Waals surface area contributed by atoms with Crippen LogP contribution in [0.4, 0.5) is 39.0 Å². The molecule has 0 atom stereocenters. The maximum atomic E-state index is 14.8. The summed E-state index contributed by atoms with van der Waals surface area (Å²) in [6.07, 6.45) is -1.53. The van der Waals surface area contributed by atoms with Crippen LogP contribution in [0.5, 0.6) is 5.75 Å². The molecule has 0 amide bonds. The first-order valence-corrected chi connectivity index (χ1v) is 22.9. The predicted molar refractivity (Wildman–Crippen MR) is 198 cm³/mol. The summed E-state index contributed by atoms with van der Waals surface area (Å²) in [5.74, 6) is -4.36. The van der Waals surface area contributed by atoms with Crippen molar-refractivity contribution >= 4 is 102 Å². The summed E-state index contributed by atoms with van der Waals surface area (Å²) in [6, 6.07) is 7.80. The summed E-state index contributed by atoms with van der Waals surface area (Å²) in [7, 11) is -25.3. The van der Waals surface area contributed by atoms with Crippen molar-refractivity contribution in [1.82, 2.24) is 15.0 Å². The fourth-order valence-corrected chi connectivity index (χ4v) is 7.72. The molecule has 4 N–H and O–H groups in total. The van der Waals surface area contributed by atoms with Gasteiger partial charge in [-0.2, -0.15) is 36.2 Å². The first-order chi connectivity index (χ1) is 27.7.